The zero-order valence-electron chi connectivity index (χ0n) is 17.6. The summed E-state index contributed by atoms with van der Waals surface area (Å²) in [6.07, 6.45) is 1.08. The van der Waals surface area contributed by atoms with Crippen molar-refractivity contribution in [2.75, 3.05) is 50.1 Å². The Balaban J connectivity index is 1.44. The number of benzene rings is 1. The molecule has 8 nitrogen and oxygen atoms in total. The lowest BCUT2D eigenvalue weighted by atomic mass is 10.3. The summed E-state index contributed by atoms with van der Waals surface area (Å²) in [5.74, 6) is 1.44. The van der Waals surface area contributed by atoms with Crippen LogP contribution >= 0.6 is 11.6 Å². The van der Waals surface area contributed by atoms with Gasteiger partial charge in [0.2, 0.25) is 5.95 Å². The number of likely N-dealkylation sites (N-methyl/N-ethyl adjacent to an activating group) is 1. The molecule has 1 N–H and O–H groups in total. The Labute approximate surface area is 186 Å². The van der Waals surface area contributed by atoms with Gasteiger partial charge >= 0.3 is 0 Å². The molecule has 3 aromatic rings. The molecular weight excluding hydrogens is 416 g/mol. The van der Waals surface area contributed by atoms with E-state index in [2.05, 4.69) is 32.1 Å². The van der Waals surface area contributed by atoms with Gasteiger partial charge < -0.3 is 19.9 Å². The maximum Gasteiger partial charge on any atom is 0.263 e. The fraction of sp³-hybridized carbons (Fsp3) is 0.364. The SMILES string of the molecule is Cc1nc(N2CCCN(C)CC2)nc2ccc(NC(=O)COc3ccc(Cl)cc3)nc12. The molecule has 0 atom stereocenters. The highest BCUT2D eigenvalue weighted by Gasteiger charge is 2.17. The van der Waals surface area contributed by atoms with Crippen molar-refractivity contribution in [1.29, 1.82) is 0 Å². The standard InChI is InChI=1S/C22H25ClN6O2/c1-15-21-18(25-22(24-15)29-11-3-10-28(2)12-13-29)8-9-19(27-21)26-20(30)14-31-17-6-4-16(23)5-7-17/h4-9H,3,10-14H2,1-2H3,(H,26,27,30). The Morgan fingerprint density at radius 3 is 2.68 bits per heavy atom. The van der Waals surface area contributed by atoms with Crippen molar-refractivity contribution in [2.45, 2.75) is 13.3 Å². The maximum atomic E-state index is 12.2. The first-order valence-corrected chi connectivity index (χ1v) is 10.6. The largest absolute Gasteiger partial charge is 0.484 e. The smallest absolute Gasteiger partial charge is 0.263 e. The number of pyridine rings is 1. The average molecular weight is 441 g/mol. The van der Waals surface area contributed by atoms with Gasteiger partial charge in [0.15, 0.2) is 6.61 Å². The third-order valence-corrected chi connectivity index (χ3v) is 5.41. The molecule has 1 aromatic carbocycles. The van der Waals surface area contributed by atoms with Crippen LogP contribution in [-0.4, -0.2) is 65.6 Å². The van der Waals surface area contributed by atoms with E-state index in [1.807, 2.05) is 13.0 Å². The van der Waals surface area contributed by atoms with Crippen molar-refractivity contribution < 1.29 is 9.53 Å². The molecule has 0 aliphatic carbocycles. The van der Waals surface area contributed by atoms with Gasteiger partial charge in [-0.15, -0.1) is 0 Å². The van der Waals surface area contributed by atoms with Crippen LogP contribution in [-0.2, 0) is 4.79 Å². The Kier molecular flexibility index (Phi) is 6.48. The van der Waals surface area contributed by atoms with E-state index in [0.717, 1.165) is 49.8 Å². The molecule has 2 aromatic heterocycles. The lowest BCUT2D eigenvalue weighted by Gasteiger charge is -2.21. The second-order valence-corrected chi connectivity index (χ2v) is 8.04. The predicted molar refractivity (Wildman–Crippen MR) is 122 cm³/mol. The molecule has 1 aliphatic rings. The highest BCUT2D eigenvalue weighted by molar-refractivity contribution is 6.30. The number of nitrogens with one attached hydrogen (secondary N) is 1. The summed E-state index contributed by atoms with van der Waals surface area (Å²) in [6, 6.07) is 10.4. The second kappa shape index (κ2) is 9.45. The fourth-order valence-corrected chi connectivity index (χ4v) is 3.59. The van der Waals surface area contributed by atoms with Crippen LogP contribution in [0.15, 0.2) is 36.4 Å². The third-order valence-electron chi connectivity index (χ3n) is 5.16. The van der Waals surface area contributed by atoms with E-state index in [4.69, 9.17) is 21.3 Å². The number of carbonyl (C=O) groups excluding carboxylic acids is 1. The van der Waals surface area contributed by atoms with Crippen molar-refractivity contribution >= 4 is 40.3 Å². The number of ether oxygens (including phenoxy) is 1. The first-order chi connectivity index (χ1) is 15.0. The number of fused-ring (bicyclic) bond motifs is 1. The van der Waals surface area contributed by atoms with Crippen molar-refractivity contribution in [2.24, 2.45) is 0 Å². The molecule has 1 aliphatic heterocycles. The molecule has 31 heavy (non-hydrogen) atoms. The van der Waals surface area contributed by atoms with Crippen molar-refractivity contribution in [3.05, 3.63) is 47.1 Å². The minimum atomic E-state index is -0.300. The van der Waals surface area contributed by atoms with Gasteiger partial charge in [0, 0.05) is 24.7 Å². The average Bonchev–Trinajstić information content (AvgIpc) is 2.98. The van der Waals surface area contributed by atoms with E-state index in [0.29, 0.717) is 22.1 Å². The summed E-state index contributed by atoms with van der Waals surface area (Å²) in [5.41, 5.74) is 2.22. The van der Waals surface area contributed by atoms with E-state index in [1.165, 1.54) is 0 Å². The number of aromatic nitrogens is 3. The molecule has 1 amide bonds. The summed E-state index contributed by atoms with van der Waals surface area (Å²) in [6.45, 7) is 5.69. The van der Waals surface area contributed by atoms with Gasteiger partial charge in [-0.2, -0.15) is 0 Å². The highest BCUT2D eigenvalue weighted by atomic mass is 35.5. The molecule has 1 saturated heterocycles. The van der Waals surface area contributed by atoms with E-state index in [9.17, 15) is 4.79 Å². The van der Waals surface area contributed by atoms with Crippen LogP contribution in [0.5, 0.6) is 5.75 Å². The third kappa shape index (κ3) is 5.39. The molecule has 3 heterocycles. The molecule has 0 saturated carbocycles. The molecule has 162 valence electrons. The number of aryl methyl sites for hydroxylation is 1. The summed E-state index contributed by atoms with van der Waals surface area (Å²) < 4.78 is 5.47. The number of anilines is 2. The number of hydrogen-bond donors (Lipinski definition) is 1. The molecule has 0 spiro atoms. The monoisotopic (exact) mass is 440 g/mol. The Hall–Kier alpha value is -2.97. The molecule has 0 radical (unpaired) electrons. The first-order valence-electron chi connectivity index (χ1n) is 10.2. The number of halogens is 1. The predicted octanol–water partition coefficient (Wildman–Crippen LogP) is 3.15. The number of carbonyl (C=O) groups is 1. The van der Waals surface area contributed by atoms with Gasteiger partial charge in [0.1, 0.15) is 17.1 Å². The fourth-order valence-electron chi connectivity index (χ4n) is 3.46. The van der Waals surface area contributed by atoms with Crippen LogP contribution in [0.4, 0.5) is 11.8 Å². The van der Waals surface area contributed by atoms with Gasteiger partial charge in [0.25, 0.3) is 5.91 Å². The minimum Gasteiger partial charge on any atom is -0.484 e. The Bertz CT molecular complexity index is 1080. The van der Waals surface area contributed by atoms with Gasteiger partial charge in [-0.25, -0.2) is 15.0 Å². The second-order valence-electron chi connectivity index (χ2n) is 7.61. The van der Waals surface area contributed by atoms with Crippen LogP contribution in [0.2, 0.25) is 5.02 Å². The van der Waals surface area contributed by atoms with Gasteiger partial charge in [-0.3, -0.25) is 4.79 Å². The minimum absolute atomic E-state index is 0.126. The summed E-state index contributed by atoms with van der Waals surface area (Å²) in [4.78, 5) is 30.7. The van der Waals surface area contributed by atoms with Crippen molar-refractivity contribution in [1.82, 2.24) is 19.9 Å². The normalized spacial score (nSPS) is 15.0. The van der Waals surface area contributed by atoms with E-state index in [-0.39, 0.29) is 12.5 Å². The number of nitrogens with zero attached hydrogens (tertiary/aromatic N) is 5. The zero-order valence-corrected chi connectivity index (χ0v) is 18.4. The molecular formula is C22H25ClN6O2. The summed E-state index contributed by atoms with van der Waals surface area (Å²) >= 11 is 5.85. The number of rotatable bonds is 5. The molecule has 1 fully saturated rings. The lowest BCUT2D eigenvalue weighted by molar-refractivity contribution is -0.118. The van der Waals surface area contributed by atoms with Crippen molar-refractivity contribution in [3.8, 4) is 5.75 Å². The van der Waals surface area contributed by atoms with Gasteiger partial charge in [0.05, 0.1) is 11.2 Å². The first kappa shape index (κ1) is 21.3. The topological polar surface area (TPSA) is 83.5 Å². The summed E-state index contributed by atoms with van der Waals surface area (Å²) in [7, 11) is 2.14. The van der Waals surface area contributed by atoms with E-state index < -0.39 is 0 Å². The lowest BCUT2D eigenvalue weighted by Crippen LogP contribution is -2.30. The molecule has 0 bridgehead atoms. The molecule has 4 rings (SSSR count). The highest BCUT2D eigenvalue weighted by Crippen LogP contribution is 2.21. The van der Waals surface area contributed by atoms with Crippen LogP contribution in [0, 0.1) is 6.92 Å². The Morgan fingerprint density at radius 1 is 1.06 bits per heavy atom. The number of amides is 1. The summed E-state index contributed by atoms with van der Waals surface area (Å²) in [5, 5.41) is 3.37. The van der Waals surface area contributed by atoms with E-state index >= 15 is 0 Å². The van der Waals surface area contributed by atoms with Gasteiger partial charge in [-0.1, -0.05) is 11.6 Å². The van der Waals surface area contributed by atoms with Crippen molar-refractivity contribution in [3.63, 3.8) is 0 Å². The van der Waals surface area contributed by atoms with Gasteiger partial charge in [-0.05, 0) is 63.3 Å². The van der Waals surface area contributed by atoms with E-state index in [1.54, 1.807) is 30.3 Å². The molecule has 0 unspecified atom stereocenters. The quantitative estimate of drug-likeness (QED) is 0.652. The molecule has 9 heteroatoms. The number of hydrogen-bond acceptors (Lipinski definition) is 7. The van der Waals surface area contributed by atoms with Crippen LogP contribution in [0.1, 0.15) is 12.1 Å². The Morgan fingerprint density at radius 2 is 1.87 bits per heavy atom. The zero-order chi connectivity index (χ0) is 21.8. The van der Waals surface area contributed by atoms with Crippen LogP contribution < -0.4 is 15.0 Å². The maximum absolute atomic E-state index is 12.2. The van der Waals surface area contributed by atoms with Crippen LogP contribution in [0.3, 0.4) is 0 Å². The van der Waals surface area contributed by atoms with Crippen LogP contribution in [0.25, 0.3) is 11.0 Å².